The third-order valence-corrected chi connectivity index (χ3v) is 6.42. The Labute approximate surface area is 228 Å². The van der Waals surface area contributed by atoms with Crippen LogP contribution in [0.4, 0.5) is 5.69 Å². The maximum atomic E-state index is 13.7. The fourth-order valence-electron chi connectivity index (χ4n) is 4.13. The second-order valence-corrected chi connectivity index (χ2v) is 9.41. The molecule has 0 saturated heterocycles. The number of nitrogens with zero attached hydrogens (tertiary/aromatic N) is 2. The van der Waals surface area contributed by atoms with Crippen LogP contribution in [0.25, 0.3) is 0 Å². The number of carbonyl (C=O) groups excluding carboxylic acids is 2. The number of hydrogen-bond acceptors (Lipinski definition) is 6. The summed E-state index contributed by atoms with van der Waals surface area (Å²) in [6, 6.07) is 20.5. The van der Waals surface area contributed by atoms with Gasteiger partial charge in [0.25, 0.3) is 5.91 Å². The van der Waals surface area contributed by atoms with Crippen LogP contribution in [0.15, 0.2) is 72.8 Å². The van der Waals surface area contributed by atoms with Gasteiger partial charge in [-0.25, -0.2) is 0 Å². The molecule has 3 rings (SSSR count). The summed E-state index contributed by atoms with van der Waals surface area (Å²) < 4.78 is 10.8. The van der Waals surface area contributed by atoms with Crippen LogP contribution in [0.1, 0.15) is 37.0 Å². The molecule has 0 unspecified atom stereocenters. The van der Waals surface area contributed by atoms with Crippen molar-refractivity contribution in [3.63, 3.8) is 0 Å². The zero-order valence-corrected chi connectivity index (χ0v) is 22.8. The average Bonchev–Trinajstić information content (AvgIpc) is 2.93. The maximum Gasteiger partial charge on any atom is 0.311 e. The van der Waals surface area contributed by atoms with E-state index in [9.17, 15) is 19.7 Å². The van der Waals surface area contributed by atoms with Crippen molar-refractivity contribution in [3.05, 3.63) is 99.6 Å². The van der Waals surface area contributed by atoms with Crippen LogP contribution < -0.4 is 14.8 Å². The second kappa shape index (κ2) is 13.9. The van der Waals surface area contributed by atoms with E-state index in [-0.39, 0.29) is 42.3 Å². The predicted molar refractivity (Wildman–Crippen MR) is 149 cm³/mol. The van der Waals surface area contributed by atoms with Crippen LogP contribution in [-0.2, 0) is 22.6 Å². The van der Waals surface area contributed by atoms with Crippen LogP contribution >= 0.6 is 0 Å². The zero-order chi connectivity index (χ0) is 28.4. The monoisotopic (exact) mass is 533 g/mol. The van der Waals surface area contributed by atoms with Crippen molar-refractivity contribution in [1.29, 1.82) is 0 Å². The van der Waals surface area contributed by atoms with Crippen LogP contribution in [0, 0.1) is 17.0 Å². The van der Waals surface area contributed by atoms with Gasteiger partial charge in [0, 0.05) is 31.1 Å². The van der Waals surface area contributed by atoms with Gasteiger partial charge in [-0.15, -0.1) is 0 Å². The summed E-state index contributed by atoms with van der Waals surface area (Å²) in [5.41, 5.74) is 2.64. The third-order valence-electron chi connectivity index (χ3n) is 6.42. The molecular formula is C30H35N3O6. The molecule has 0 aliphatic carbocycles. The summed E-state index contributed by atoms with van der Waals surface area (Å²) in [5, 5.41) is 14.3. The van der Waals surface area contributed by atoms with Crippen LogP contribution in [0.2, 0.25) is 0 Å². The highest BCUT2D eigenvalue weighted by atomic mass is 16.6. The van der Waals surface area contributed by atoms with Gasteiger partial charge in [-0.3, -0.25) is 19.7 Å². The van der Waals surface area contributed by atoms with E-state index in [2.05, 4.69) is 5.32 Å². The maximum absolute atomic E-state index is 13.7. The number of ether oxygens (including phenoxy) is 2. The number of benzene rings is 3. The van der Waals surface area contributed by atoms with E-state index in [1.807, 2.05) is 75.4 Å². The molecule has 0 aliphatic rings. The van der Waals surface area contributed by atoms with Gasteiger partial charge in [0.2, 0.25) is 11.7 Å². The molecule has 9 nitrogen and oxygen atoms in total. The molecule has 0 aromatic heterocycles. The first-order valence-corrected chi connectivity index (χ1v) is 12.9. The Hall–Kier alpha value is -4.40. The lowest BCUT2D eigenvalue weighted by Crippen LogP contribution is -2.53. The van der Waals surface area contributed by atoms with Crippen molar-refractivity contribution in [1.82, 2.24) is 10.2 Å². The average molecular weight is 534 g/mol. The first-order valence-electron chi connectivity index (χ1n) is 12.9. The lowest BCUT2D eigenvalue weighted by molar-refractivity contribution is -0.385. The number of nitrogens with one attached hydrogen (secondary N) is 1. The summed E-state index contributed by atoms with van der Waals surface area (Å²) in [6.45, 7) is 5.72. The molecule has 0 fully saturated rings. The molecule has 0 saturated carbocycles. The number of nitro groups is 1. The lowest BCUT2D eigenvalue weighted by atomic mass is 10.0. The van der Waals surface area contributed by atoms with Crippen LogP contribution in [-0.4, -0.2) is 47.4 Å². The first kappa shape index (κ1) is 29.2. The van der Waals surface area contributed by atoms with E-state index < -0.39 is 16.9 Å². The zero-order valence-electron chi connectivity index (χ0n) is 22.8. The standard InChI is InChI=1S/C30H35N3O6/c1-5-22(3)31-30(35)27(17-23-11-7-6-8-12-23)32(19-24-13-9-10-21(2)16-24)29(34)20-39-25-14-15-26(33(36)37)28(18-25)38-4/h6-16,18,22,27H,5,17,19-20H2,1-4H3,(H,31,35)/t22-,27-/m0/s1. The number of hydrogen-bond donors (Lipinski definition) is 1. The molecule has 1 N–H and O–H groups in total. The van der Waals surface area contributed by atoms with Gasteiger partial charge < -0.3 is 19.7 Å². The van der Waals surface area contributed by atoms with Crippen LogP contribution in [0.5, 0.6) is 11.5 Å². The molecule has 0 heterocycles. The molecule has 2 amide bonds. The largest absolute Gasteiger partial charge is 0.490 e. The molecule has 0 bridgehead atoms. The van der Waals surface area contributed by atoms with Gasteiger partial charge in [-0.05, 0) is 37.5 Å². The second-order valence-electron chi connectivity index (χ2n) is 9.41. The van der Waals surface area contributed by atoms with E-state index in [1.165, 1.54) is 25.3 Å². The van der Waals surface area contributed by atoms with Crippen molar-refractivity contribution in [3.8, 4) is 11.5 Å². The number of amides is 2. The Morgan fingerprint density at radius 1 is 1.03 bits per heavy atom. The topological polar surface area (TPSA) is 111 Å². The van der Waals surface area contributed by atoms with Gasteiger partial charge in [0.15, 0.2) is 6.61 Å². The van der Waals surface area contributed by atoms with E-state index >= 15 is 0 Å². The molecule has 9 heteroatoms. The third kappa shape index (κ3) is 8.29. The van der Waals surface area contributed by atoms with Crippen LogP contribution in [0.3, 0.4) is 0 Å². The van der Waals surface area contributed by atoms with E-state index in [0.29, 0.717) is 6.42 Å². The molecular weight excluding hydrogens is 498 g/mol. The minimum absolute atomic E-state index is 0.0245. The SMILES string of the molecule is CC[C@H](C)NC(=O)[C@H](Cc1ccccc1)N(Cc1cccc(C)c1)C(=O)COc1ccc([N+](=O)[O-])c(OC)c1. The van der Waals surface area contributed by atoms with Gasteiger partial charge in [0.05, 0.1) is 12.0 Å². The van der Waals surface area contributed by atoms with E-state index in [0.717, 1.165) is 23.1 Å². The number of nitro benzene ring substituents is 1. The smallest absolute Gasteiger partial charge is 0.311 e. The molecule has 0 radical (unpaired) electrons. The molecule has 39 heavy (non-hydrogen) atoms. The van der Waals surface area contributed by atoms with E-state index in [1.54, 1.807) is 4.90 Å². The molecule has 0 aliphatic heterocycles. The van der Waals surface area contributed by atoms with Crippen molar-refractivity contribution in [2.75, 3.05) is 13.7 Å². The van der Waals surface area contributed by atoms with Crippen molar-refractivity contribution in [2.24, 2.45) is 0 Å². The number of carbonyl (C=O) groups is 2. The van der Waals surface area contributed by atoms with Crippen molar-refractivity contribution < 1.29 is 24.0 Å². The Balaban J connectivity index is 1.92. The summed E-state index contributed by atoms with van der Waals surface area (Å²) in [4.78, 5) is 39.5. The fourth-order valence-corrected chi connectivity index (χ4v) is 4.13. The van der Waals surface area contributed by atoms with Gasteiger partial charge in [0.1, 0.15) is 11.8 Å². The van der Waals surface area contributed by atoms with Gasteiger partial charge in [-0.2, -0.15) is 0 Å². The first-order chi connectivity index (χ1) is 18.7. The fraction of sp³-hybridized carbons (Fsp3) is 0.333. The molecule has 206 valence electrons. The number of methoxy groups -OCH3 is 1. The minimum atomic E-state index is -0.788. The van der Waals surface area contributed by atoms with E-state index in [4.69, 9.17) is 9.47 Å². The minimum Gasteiger partial charge on any atom is -0.490 e. The van der Waals surface area contributed by atoms with Gasteiger partial charge in [-0.1, -0.05) is 67.1 Å². The molecule has 0 spiro atoms. The highest BCUT2D eigenvalue weighted by Crippen LogP contribution is 2.30. The number of aryl methyl sites for hydroxylation is 1. The van der Waals surface area contributed by atoms with Crippen molar-refractivity contribution in [2.45, 2.75) is 52.2 Å². The Morgan fingerprint density at radius 2 is 1.74 bits per heavy atom. The van der Waals surface area contributed by atoms with Gasteiger partial charge >= 0.3 is 5.69 Å². The normalized spacial score (nSPS) is 12.2. The predicted octanol–water partition coefficient (Wildman–Crippen LogP) is 4.85. The quantitative estimate of drug-likeness (QED) is 0.249. The Morgan fingerprint density at radius 3 is 2.38 bits per heavy atom. The summed E-state index contributed by atoms with van der Waals surface area (Å²) in [5.74, 6) is -0.373. The lowest BCUT2D eigenvalue weighted by Gasteiger charge is -2.32. The Bertz CT molecular complexity index is 1280. The molecule has 2 atom stereocenters. The molecule has 3 aromatic carbocycles. The Kier molecular flexibility index (Phi) is 10.4. The van der Waals surface area contributed by atoms with Crippen molar-refractivity contribution >= 4 is 17.5 Å². The molecule has 3 aromatic rings. The summed E-state index contributed by atoms with van der Waals surface area (Å²) >= 11 is 0. The summed E-state index contributed by atoms with van der Waals surface area (Å²) in [6.07, 6.45) is 1.08. The summed E-state index contributed by atoms with van der Waals surface area (Å²) in [7, 11) is 1.32. The highest BCUT2D eigenvalue weighted by Gasteiger charge is 2.31. The number of rotatable bonds is 13. The highest BCUT2D eigenvalue weighted by molar-refractivity contribution is 5.88.